The summed E-state index contributed by atoms with van der Waals surface area (Å²) in [6.45, 7) is 5.11. The number of hydrogen-bond donors (Lipinski definition) is 1. The summed E-state index contributed by atoms with van der Waals surface area (Å²) in [5.74, 6) is 0. The topological polar surface area (TPSA) is 56.7 Å². The first-order valence-corrected chi connectivity index (χ1v) is 8.34. The molecule has 21 heavy (non-hydrogen) atoms. The zero-order valence-corrected chi connectivity index (χ0v) is 14.3. The second kappa shape index (κ2) is 7.71. The van der Waals surface area contributed by atoms with E-state index < -0.39 is 0 Å². The van der Waals surface area contributed by atoms with Gasteiger partial charge in [0, 0.05) is 30.9 Å². The van der Waals surface area contributed by atoms with Crippen LogP contribution in [0.5, 0.6) is 0 Å². The van der Waals surface area contributed by atoms with Crippen LogP contribution in [0, 0.1) is 0 Å². The highest BCUT2D eigenvalue weighted by molar-refractivity contribution is 9.10. The van der Waals surface area contributed by atoms with Crippen LogP contribution in [0.1, 0.15) is 37.4 Å². The Morgan fingerprint density at radius 1 is 1.33 bits per heavy atom. The molecule has 2 N–H and O–H groups in total. The fraction of sp³-hybridized carbons (Fsp3) is 0.500. The summed E-state index contributed by atoms with van der Waals surface area (Å²) in [4.78, 5) is 4.34. The van der Waals surface area contributed by atoms with Crippen LogP contribution in [0.15, 0.2) is 28.9 Å². The number of hydrogen-bond acceptors (Lipinski definition) is 3. The largest absolute Gasteiger partial charge is 0.327 e. The van der Waals surface area contributed by atoms with Crippen molar-refractivity contribution in [2.24, 2.45) is 5.73 Å². The third-order valence-corrected chi connectivity index (χ3v) is 4.56. The van der Waals surface area contributed by atoms with Gasteiger partial charge in [0.2, 0.25) is 0 Å². The molecule has 5 heteroatoms. The molecular weight excluding hydrogens is 328 g/mol. The zero-order valence-electron chi connectivity index (χ0n) is 12.7. The summed E-state index contributed by atoms with van der Waals surface area (Å²) in [5.41, 5.74) is 9.73. The van der Waals surface area contributed by atoms with E-state index in [-0.39, 0.29) is 6.04 Å². The van der Waals surface area contributed by atoms with Crippen molar-refractivity contribution in [1.82, 2.24) is 14.8 Å². The van der Waals surface area contributed by atoms with Crippen LogP contribution >= 0.6 is 15.9 Å². The average molecular weight is 351 g/mol. The summed E-state index contributed by atoms with van der Waals surface area (Å²) in [5, 5.41) is 4.62. The number of aromatic nitrogens is 3. The Balaban J connectivity index is 1.99. The van der Waals surface area contributed by atoms with Crippen LogP contribution in [0.4, 0.5) is 0 Å². The number of pyridine rings is 1. The van der Waals surface area contributed by atoms with Crippen LogP contribution in [0.3, 0.4) is 0 Å². The van der Waals surface area contributed by atoms with E-state index in [2.05, 4.69) is 44.5 Å². The molecule has 2 aromatic rings. The highest BCUT2D eigenvalue weighted by atomic mass is 79.9. The predicted octanol–water partition coefficient (Wildman–Crippen LogP) is 3.13. The highest BCUT2D eigenvalue weighted by Gasteiger charge is 2.16. The van der Waals surface area contributed by atoms with Crippen LogP contribution in [-0.4, -0.2) is 20.8 Å². The van der Waals surface area contributed by atoms with E-state index in [1.54, 1.807) is 0 Å². The third kappa shape index (κ3) is 4.14. The number of nitrogens with zero attached hydrogens (tertiary/aromatic N) is 3. The lowest BCUT2D eigenvalue weighted by molar-refractivity contribution is 0.550. The molecule has 0 amide bonds. The molecule has 0 fully saturated rings. The maximum Gasteiger partial charge on any atom is 0.0766 e. The normalized spacial score (nSPS) is 12.6. The molecule has 2 heterocycles. The Morgan fingerprint density at radius 2 is 2.14 bits per heavy atom. The molecular formula is C16H23BrN4. The Hall–Kier alpha value is -1.20. The Kier molecular flexibility index (Phi) is 5.94. The van der Waals surface area contributed by atoms with Crippen LogP contribution in [-0.2, 0) is 25.8 Å². The lowest BCUT2D eigenvalue weighted by Crippen LogP contribution is -2.25. The Bertz CT molecular complexity index is 565. The molecule has 2 rings (SSSR count). The van der Waals surface area contributed by atoms with E-state index in [1.165, 1.54) is 5.69 Å². The van der Waals surface area contributed by atoms with Gasteiger partial charge in [-0.1, -0.05) is 13.0 Å². The number of aryl methyl sites for hydroxylation is 3. The molecule has 0 aliphatic heterocycles. The molecule has 0 spiro atoms. The predicted molar refractivity (Wildman–Crippen MR) is 89.2 cm³/mol. The highest BCUT2D eigenvalue weighted by Crippen LogP contribution is 2.24. The van der Waals surface area contributed by atoms with Gasteiger partial charge >= 0.3 is 0 Å². The smallest absolute Gasteiger partial charge is 0.0766 e. The van der Waals surface area contributed by atoms with Crippen LogP contribution in [0.25, 0.3) is 0 Å². The van der Waals surface area contributed by atoms with Crippen molar-refractivity contribution < 1.29 is 0 Å². The summed E-state index contributed by atoms with van der Waals surface area (Å²) >= 11 is 3.68. The first kappa shape index (κ1) is 16.2. The van der Waals surface area contributed by atoms with Crippen molar-refractivity contribution in [3.05, 3.63) is 46.0 Å². The third-order valence-electron chi connectivity index (χ3n) is 3.65. The SMILES string of the molecule is CCc1nn(CC)c(CC(N)CCc2ccccn2)c1Br. The van der Waals surface area contributed by atoms with Gasteiger partial charge in [0.05, 0.1) is 15.9 Å². The average Bonchev–Trinajstić information content (AvgIpc) is 2.82. The zero-order chi connectivity index (χ0) is 15.2. The summed E-state index contributed by atoms with van der Waals surface area (Å²) in [6.07, 6.45) is 5.45. The maximum absolute atomic E-state index is 6.31. The van der Waals surface area contributed by atoms with Gasteiger partial charge in [-0.05, 0) is 54.2 Å². The van der Waals surface area contributed by atoms with Gasteiger partial charge < -0.3 is 5.73 Å². The van der Waals surface area contributed by atoms with Crippen molar-refractivity contribution in [1.29, 1.82) is 0 Å². The number of halogens is 1. The van der Waals surface area contributed by atoms with Gasteiger partial charge in [-0.2, -0.15) is 5.10 Å². The summed E-state index contributed by atoms with van der Waals surface area (Å²) in [6, 6.07) is 6.13. The van der Waals surface area contributed by atoms with Crippen LogP contribution < -0.4 is 5.73 Å². The minimum Gasteiger partial charge on any atom is -0.327 e. The minimum absolute atomic E-state index is 0.120. The van der Waals surface area contributed by atoms with Crippen molar-refractivity contribution >= 4 is 15.9 Å². The van der Waals surface area contributed by atoms with E-state index in [0.717, 1.165) is 48.1 Å². The monoisotopic (exact) mass is 350 g/mol. The van der Waals surface area contributed by atoms with Gasteiger partial charge in [0.1, 0.15) is 0 Å². The first-order chi connectivity index (χ1) is 10.2. The van der Waals surface area contributed by atoms with E-state index in [1.807, 2.05) is 24.4 Å². The lowest BCUT2D eigenvalue weighted by Gasteiger charge is -2.13. The molecule has 1 unspecified atom stereocenters. The molecule has 2 aromatic heterocycles. The van der Waals surface area contributed by atoms with Crippen molar-refractivity contribution in [2.45, 2.75) is 52.1 Å². The minimum atomic E-state index is 0.120. The molecule has 0 saturated heterocycles. The number of rotatable bonds is 7. The summed E-state index contributed by atoms with van der Waals surface area (Å²) < 4.78 is 3.18. The van der Waals surface area contributed by atoms with Gasteiger partial charge in [0.25, 0.3) is 0 Å². The van der Waals surface area contributed by atoms with E-state index in [4.69, 9.17) is 5.73 Å². The molecule has 0 aliphatic carbocycles. The lowest BCUT2D eigenvalue weighted by atomic mass is 10.0. The maximum atomic E-state index is 6.31. The van der Waals surface area contributed by atoms with Gasteiger partial charge in [-0.3, -0.25) is 9.67 Å². The molecule has 0 bridgehead atoms. The van der Waals surface area contributed by atoms with Gasteiger partial charge in [-0.25, -0.2) is 0 Å². The summed E-state index contributed by atoms with van der Waals surface area (Å²) in [7, 11) is 0. The molecule has 0 aliphatic rings. The molecule has 0 radical (unpaired) electrons. The van der Waals surface area contributed by atoms with E-state index in [0.29, 0.717) is 0 Å². The second-order valence-electron chi connectivity index (χ2n) is 5.20. The quantitative estimate of drug-likeness (QED) is 0.834. The molecule has 4 nitrogen and oxygen atoms in total. The Labute approximate surface area is 134 Å². The molecule has 0 saturated carbocycles. The van der Waals surface area contributed by atoms with Gasteiger partial charge in [0.15, 0.2) is 0 Å². The van der Waals surface area contributed by atoms with Crippen molar-refractivity contribution in [3.8, 4) is 0 Å². The second-order valence-corrected chi connectivity index (χ2v) is 5.99. The van der Waals surface area contributed by atoms with Crippen molar-refractivity contribution in [2.75, 3.05) is 0 Å². The molecule has 0 aromatic carbocycles. The van der Waals surface area contributed by atoms with Crippen molar-refractivity contribution in [3.63, 3.8) is 0 Å². The molecule has 1 atom stereocenters. The fourth-order valence-corrected chi connectivity index (χ4v) is 3.17. The first-order valence-electron chi connectivity index (χ1n) is 7.55. The van der Waals surface area contributed by atoms with Gasteiger partial charge in [-0.15, -0.1) is 0 Å². The van der Waals surface area contributed by atoms with E-state index >= 15 is 0 Å². The molecule has 114 valence electrons. The standard InChI is InChI=1S/C16H23BrN4/c1-3-14-16(17)15(21(4-2)20-14)11-12(18)8-9-13-7-5-6-10-19-13/h5-7,10,12H,3-4,8-9,11,18H2,1-2H3. The Morgan fingerprint density at radius 3 is 2.76 bits per heavy atom. The number of nitrogens with two attached hydrogens (primary N) is 1. The van der Waals surface area contributed by atoms with Crippen LogP contribution in [0.2, 0.25) is 0 Å². The van der Waals surface area contributed by atoms with E-state index in [9.17, 15) is 0 Å². The fourth-order valence-electron chi connectivity index (χ4n) is 2.44.